The molecule has 0 saturated heterocycles. The lowest BCUT2D eigenvalue weighted by molar-refractivity contribution is 0.0702. The van der Waals surface area contributed by atoms with E-state index in [9.17, 15) is 18.3 Å². The summed E-state index contributed by atoms with van der Waals surface area (Å²) in [5, 5.41) is 9.43. The molecule has 3 rings (SSSR count). The number of aromatic nitrogens is 1. The van der Waals surface area contributed by atoms with Crippen LogP contribution in [0.4, 0.5) is 0 Å². The molecule has 0 saturated carbocycles. The van der Waals surface area contributed by atoms with Crippen molar-refractivity contribution >= 4 is 27.1 Å². The van der Waals surface area contributed by atoms with Crippen molar-refractivity contribution in [3.8, 4) is 17.0 Å². The summed E-state index contributed by atoms with van der Waals surface area (Å²) in [4.78, 5) is 15.5. The minimum Gasteiger partial charge on any atom is -0.495 e. The Balaban J connectivity index is 2.20. The fourth-order valence-electron chi connectivity index (χ4n) is 2.29. The van der Waals surface area contributed by atoms with Gasteiger partial charge in [0, 0.05) is 5.56 Å². The van der Waals surface area contributed by atoms with E-state index >= 15 is 0 Å². The van der Waals surface area contributed by atoms with Crippen molar-refractivity contribution in [2.24, 2.45) is 0 Å². The minimum atomic E-state index is -4.01. The highest BCUT2D eigenvalue weighted by molar-refractivity contribution is 7.93. The summed E-state index contributed by atoms with van der Waals surface area (Å²) in [5.74, 6) is -1.05. The molecule has 25 heavy (non-hydrogen) atoms. The van der Waals surface area contributed by atoms with Crippen molar-refractivity contribution in [2.75, 3.05) is 7.11 Å². The number of hydrogen-bond acceptors (Lipinski definition) is 6. The average Bonchev–Trinajstić information content (AvgIpc) is 3.09. The number of carbonyl (C=O) groups is 1. The smallest absolute Gasteiger partial charge is 0.348 e. The molecule has 128 valence electrons. The van der Waals surface area contributed by atoms with Gasteiger partial charge in [0.05, 0.1) is 12.8 Å². The van der Waals surface area contributed by atoms with Crippen LogP contribution in [0.25, 0.3) is 11.3 Å². The molecule has 0 fully saturated rings. The minimum absolute atomic E-state index is 0.0530. The Morgan fingerprint density at radius 3 is 2.36 bits per heavy atom. The molecule has 1 heterocycles. The van der Waals surface area contributed by atoms with E-state index in [2.05, 4.69) is 4.98 Å². The largest absolute Gasteiger partial charge is 0.495 e. The van der Waals surface area contributed by atoms with Crippen LogP contribution < -0.4 is 4.74 Å². The lowest BCUT2D eigenvalue weighted by atomic mass is 10.1. The summed E-state index contributed by atoms with van der Waals surface area (Å²) in [6.07, 6.45) is 0. The van der Waals surface area contributed by atoms with Crippen molar-refractivity contribution in [3.63, 3.8) is 0 Å². The molecule has 1 aromatic heterocycles. The number of hydrogen-bond donors (Lipinski definition) is 1. The third-order valence-corrected chi connectivity index (χ3v) is 6.65. The number of aromatic carboxylic acids is 1. The number of thiazole rings is 1. The molecule has 0 unspecified atom stereocenters. The molecule has 0 aliphatic heterocycles. The van der Waals surface area contributed by atoms with Crippen LogP contribution in [0, 0.1) is 0 Å². The van der Waals surface area contributed by atoms with Gasteiger partial charge >= 0.3 is 5.97 Å². The van der Waals surface area contributed by atoms with Gasteiger partial charge in [-0.25, -0.2) is 18.2 Å². The van der Waals surface area contributed by atoms with Crippen LogP contribution in [0.3, 0.4) is 0 Å². The third kappa shape index (κ3) is 3.13. The molecule has 0 bridgehead atoms. The first-order valence-corrected chi connectivity index (χ1v) is 9.42. The number of ether oxygens (including phenoxy) is 1. The average molecular weight is 375 g/mol. The van der Waals surface area contributed by atoms with E-state index in [1.807, 2.05) is 0 Å². The first-order valence-electron chi connectivity index (χ1n) is 7.13. The molecule has 0 aliphatic carbocycles. The molecular weight excluding hydrogens is 362 g/mol. The predicted octanol–water partition coefficient (Wildman–Crippen LogP) is 3.35. The molecule has 0 atom stereocenters. The molecule has 3 aromatic rings. The van der Waals surface area contributed by atoms with Crippen LogP contribution in [-0.4, -0.2) is 31.6 Å². The Morgan fingerprint density at radius 1 is 1.08 bits per heavy atom. The third-order valence-electron chi connectivity index (χ3n) is 3.44. The summed E-state index contributed by atoms with van der Waals surface area (Å²) in [5.41, 5.74) is 0.671. The predicted molar refractivity (Wildman–Crippen MR) is 93.0 cm³/mol. The first-order chi connectivity index (χ1) is 11.9. The Labute approximate surface area is 148 Å². The number of para-hydroxylation sites is 1. The zero-order chi connectivity index (χ0) is 18.0. The fourth-order valence-corrected chi connectivity index (χ4v) is 4.98. The molecule has 8 heteroatoms. The van der Waals surface area contributed by atoms with E-state index in [1.165, 1.54) is 19.2 Å². The quantitative estimate of drug-likeness (QED) is 0.735. The highest BCUT2D eigenvalue weighted by Crippen LogP contribution is 2.35. The fraction of sp³-hybridized carbons (Fsp3) is 0.0588. The maximum Gasteiger partial charge on any atom is 0.348 e. The van der Waals surface area contributed by atoms with Crippen LogP contribution in [0.1, 0.15) is 9.67 Å². The van der Waals surface area contributed by atoms with Crippen molar-refractivity contribution in [2.45, 2.75) is 9.24 Å². The second-order valence-electron chi connectivity index (χ2n) is 4.98. The SMILES string of the molecule is COc1ccccc1S(=O)(=O)c1nc(-c2ccccc2)c(C(=O)O)s1. The van der Waals surface area contributed by atoms with Gasteiger partial charge in [-0.1, -0.05) is 53.8 Å². The van der Waals surface area contributed by atoms with E-state index in [-0.39, 0.29) is 25.6 Å². The van der Waals surface area contributed by atoms with Crippen molar-refractivity contribution in [1.29, 1.82) is 0 Å². The highest BCUT2D eigenvalue weighted by atomic mass is 32.2. The number of benzene rings is 2. The van der Waals surface area contributed by atoms with Crippen LogP contribution in [0.15, 0.2) is 63.8 Å². The monoisotopic (exact) mass is 375 g/mol. The van der Waals surface area contributed by atoms with Crippen LogP contribution in [0.5, 0.6) is 5.75 Å². The Hall–Kier alpha value is -2.71. The van der Waals surface area contributed by atoms with Gasteiger partial charge in [0.1, 0.15) is 15.5 Å². The summed E-state index contributed by atoms with van der Waals surface area (Å²) in [6, 6.07) is 14.8. The summed E-state index contributed by atoms with van der Waals surface area (Å²) >= 11 is 0.629. The normalized spacial score (nSPS) is 11.2. The second-order valence-corrected chi connectivity index (χ2v) is 8.07. The lowest BCUT2D eigenvalue weighted by Gasteiger charge is -2.06. The van der Waals surface area contributed by atoms with Gasteiger partial charge in [0.15, 0.2) is 0 Å². The van der Waals surface area contributed by atoms with Crippen molar-refractivity contribution in [3.05, 3.63) is 59.5 Å². The molecule has 0 aliphatic rings. The molecule has 0 spiro atoms. The van der Waals surface area contributed by atoms with Gasteiger partial charge in [0.25, 0.3) is 0 Å². The van der Waals surface area contributed by atoms with Crippen LogP contribution in [0.2, 0.25) is 0 Å². The zero-order valence-corrected chi connectivity index (χ0v) is 14.7. The number of rotatable bonds is 5. The van der Waals surface area contributed by atoms with Crippen LogP contribution >= 0.6 is 11.3 Å². The number of sulfone groups is 1. The Kier molecular flexibility index (Phi) is 4.56. The van der Waals surface area contributed by atoms with E-state index in [1.54, 1.807) is 42.5 Å². The molecule has 6 nitrogen and oxygen atoms in total. The van der Waals surface area contributed by atoms with E-state index in [4.69, 9.17) is 4.74 Å². The zero-order valence-electron chi connectivity index (χ0n) is 13.0. The van der Waals surface area contributed by atoms with Gasteiger partial charge in [0.2, 0.25) is 14.2 Å². The highest BCUT2D eigenvalue weighted by Gasteiger charge is 2.29. The van der Waals surface area contributed by atoms with Gasteiger partial charge in [-0.2, -0.15) is 0 Å². The second kappa shape index (κ2) is 6.66. The van der Waals surface area contributed by atoms with Gasteiger partial charge in [-0.05, 0) is 12.1 Å². The topological polar surface area (TPSA) is 93.6 Å². The maximum atomic E-state index is 12.9. The molecule has 1 N–H and O–H groups in total. The van der Waals surface area contributed by atoms with Gasteiger partial charge in [-0.15, -0.1) is 0 Å². The summed E-state index contributed by atoms with van der Waals surface area (Å²) in [7, 11) is -2.64. The molecule has 2 aromatic carbocycles. The van der Waals surface area contributed by atoms with E-state index in [0.29, 0.717) is 16.9 Å². The van der Waals surface area contributed by atoms with Gasteiger partial charge < -0.3 is 9.84 Å². The summed E-state index contributed by atoms with van der Waals surface area (Å²) < 4.78 is 30.6. The van der Waals surface area contributed by atoms with Crippen molar-refractivity contribution < 1.29 is 23.1 Å². The Morgan fingerprint density at radius 2 is 1.72 bits per heavy atom. The maximum absolute atomic E-state index is 12.9. The van der Waals surface area contributed by atoms with E-state index < -0.39 is 15.8 Å². The molecule has 0 radical (unpaired) electrons. The summed E-state index contributed by atoms with van der Waals surface area (Å²) in [6.45, 7) is 0. The van der Waals surface area contributed by atoms with Crippen molar-refractivity contribution in [1.82, 2.24) is 4.98 Å². The number of carboxylic acid groups (broad SMARTS) is 1. The first kappa shape index (κ1) is 17.1. The standard InChI is InChI=1S/C17H13NO5S2/c1-23-12-9-5-6-10-13(12)25(21,22)17-18-14(15(24-17)16(19)20)11-7-3-2-4-8-11/h2-10H,1H3,(H,19,20). The number of methoxy groups -OCH3 is 1. The lowest BCUT2D eigenvalue weighted by Crippen LogP contribution is -2.03. The number of carboxylic acids is 1. The van der Waals surface area contributed by atoms with Gasteiger partial charge in [-0.3, -0.25) is 0 Å². The Bertz CT molecular complexity index is 1030. The molecular formula is C17H13NO5S2. The molecule has 0 amide bonds. The number of nitrogens with zero attached hydrogens (tertiary/aromatic N) is 1. The van der Waals surface area contributed by atoms with Crippen LogP contribution in [-0.2, 0) is 9.84 Å². The van der Waals surface area contributed by atoms with E-state index in [0.717, 1.165) is 0 Å².